The van der Waals surface area contributed by atoms with Crippen LogP contribution in [0.15, 0.2) is 30.3 Å². The van der Waals surface area contributed by atoms with Gasteiger partial charge in [0.2, 0.25) is 12.7 Å². The van der Waals surface area contributed by atoms with Crippen LogP contribution in [-0.2, 0) is 0 Å². The fourth-order valence-electron chi connectivity index (χ4n) is 2.17. The number of hydrogen-bond donors (Lipinski definition) is 2. The first kappa shape index (κ1) is 12.3. The lowest BCUT2D eigenvalue weighted by Crippen LogP contribution is -1.93. The molecule has 1 aromatic heterocycles. The predicted molar refractivity (Wildman–Crippen MR) is 76.9 cm³/mol. The summed E-state index contributed by atoms with van der Waals surface area (Å²) in [4.78, 5) is 7.51. The van der Waals surface area contributed by atoms with E-state index in [1.54, 1.807) is 12.1 Å². The van der Waals surface area contributed by atoms with Crippen molar-refractivity contribution in [1.82, 2.24) is 9.97 Å². The topological polar surface area (TPSA) is 59.2 Å². The lowest BCUT2D eigenvalue weighted by molar-refractivity contribution is 0.174. The van der Waals surface area contributed by atoms with Crippen LogP contribution in [0.5, 0.6) is 11.5 Å². The number of halogens is 2. The first-order valence-corrected chi connectivity index (χ1v) is 6.58. The van der Waals surface area contributed by atoms with Crippen molar-refractivity contribution < 1.29 is 13.9 Å². The van der Waals surface area contributed by atoms with Crippen LogP contribution in [0.4, 0.5) is 16.0 Å². The molecule has 2 N–H and O–H groups in total. The van der Waals surface area contributed by atoms with Crippen molar-refractivity contribution in [3.63, 3.8) is 0 Å². The summed E-state index contributed by atoms with van der Waals surface area (Å²) in [5.41, 5.74) is 2.20. The molecular formula is C14H9ClFN3O2. The van der Waals surface area contributed by atoms with E-state index in [-0.39, 0.29) is 11.8 Å². The zero-order valence-electron chi connectivity index (χ0n) is 10.6. The summed E-state index contributed by atoms with van der Waals surface area (Å²) in [5.74, 6) is 1.42. The molecule has 0 spiro atoms. The molecule has 0 unspecified atom stereocenters. The molecule has 0 radical (unpaired) electrons. The second-order valence-corrected chi connectivity index (χ2v) is 4.97. The maximum absolute atomic E-state index is 13.1. The van der Waals surface area contributed by atoms with Crippen LogP contribution in [0.2, 0.25) is 5.02 Å². The molecule has 7 heteroatoms. The third-order valence-corrected chi connectivity index (χ3v) is 3.45. The van der Waals surface area contributed by atoms with E-state index in [9.17, 15) is 4.39 Å². The van der Waals surface area contributed by atoms with Gasteiger partial charge in [-0.2, -0.15) is 0 Å². The van der Waals surface area contributed by atoms with Crippen molar-refractivity contribution in [3.8, 4) is 11.5 Å². The minimum Gasteiger partial charge on any atom is -0.454 e. The molecule has 3 aromatic rings. The van der Waals surface area contributed by atoms with E-state index in [0.29, 0.717) is 23.1 Å². The highest BCUT2D eigenvalue weighted by atomic mass is 35.5. The number of H-pyrrole nitrogens is 1. The van der Waals surface area contributed by atoms with Gasteiger partial charge < -0.3 is 19.8 Å². The van der Waals surface area contributed by atoms with Crippen molar-refractivity contribution >= 4 is 34.3 Å². The monoisotopic (exact) mass is 305 g/mol. The number of ether oxygens (including phenoxy) is 2. The SMILES string of the molecule is Fc1ccc(Nc2nc3cc4c(cc3[nH]2)OCO4)cc1Cl. The number of aromatic nitrogens is 2. The largest absolute Gasteiger partial charge is 0.454 e. The van der Waals surface area contributed by atoms with Crippen molar-refractivity contribution in [1.29, 1.82) is 0 Å². The van der Waals surface area contributed by atoms with E-state index < -0.39 is 5.82 Å². The van der Waals surface area contributed by atoms with Crippen LogP contribution in [0.1, 0.15) is 0 Å². The van der Waals surface area contributed by atoms with Crippen molar-refractivity contribution in [2.75, 3.05) is 12.1 Å². The number of anilines is 2. The summed E-state index contributed by atoms with van der Waals surface area (Å²) in [6.45, 7) is 0.223. The Morgan fingerprint density at radius 3 is 2.81 bits per heavy atom. The zero-order chi connectivity index (χ0) is 14.4. The molecule has 0 aliphatic carbocycles. The normalized spacial score (nSPS) is 12.9. The third-order valence-electron chi connectivity index (χ3n) is 3.16. The Hall–Kier alpha value is -2.47. The average molecular weight is 306 g/mol. The van der Waals surface area contributed by atoms with Crippen molar-refractivity contribution in [2.45, 2.75) is 0 Å². The lowest BCUT2D eigenvalue weighted by Gasteiger charge is -2.03. The molecule has 2 heterocycles. The summed E-state index contributed by atoms with van der Waals surface area (Å²) in [6.07, 6.45) is 0. The molecule has 0 fully saturated rings. The van der Waals surface area contributed by atoms with Crippen LogP contribution < -0.4 is 14.8 Å². The standard InChI is InChI=1S/C14H9ClFN3O2/c15-8-3-7(1-2-9(8)16)17-14-18-10-4-12-13(21-6-20-12)5-11(10)19-14/h1-5H,6H2,(H2,17,18,19). The molecular weight excluding hydrogens is 297 g/mol. The number of benzene rings is 2. The van der Waals surface area contributed by atoms with Gasteiger partial charge in [-0.25, -0.2) is 9.37 Å². The van der Waals surface area contributed by atoms with Crippen molar-refractivity contribution in [2.24, 2.45) is 0 Å². The van der Waals surface area contributed by atoms with E-state index in [1.165, 1.54) is 12.1 Å². The fourth-order valence-corrected chi connectivity index (χ4v) is 2.35. The number of imidazole rings is 1. The summed E-state index contributed by atoms with van der Waals surface area (Å²) in [5, 5.41) is 3.09. The third kappa shape index (κ3) is 2.13. The fraction of sp³-hybridized carbons (Fsp3) is 0.0714. The van der Waals surface area contributed by atoms with E-state index >= 15 is 0 Å². The molecule has 21 heavy (non-hydrogen) atoms. The van der Waals surface area contributed by atoms with Gasteiger partial charge in [-0.05, 0) is 18.2 Å². The van der Waals surface area contributed by atoms with E-state index in [1.807, 2.05) is 6.07 Å². The smallest absolute Gasteiger partial charge is 0.231 e. The number of nitrogens with one attached hydrogen (secondary N) is 2. The number of aromatic amines is 1. The zero-order valence-corrected chi connectivity index (χ0v) is 11.4. The minimum absolute atomic E-state index is 0.0527. The molecule has 0 amide bonds. The Morgan fingerprint density at radius 1 is 1.19 bits per heavy atom. The summed E-state index contributed by atoms with van der Waals surface area (Å²) in [6, 6.07) is 8.00. The predicted octanol–water partition coefficient (Wildman–Crippen LogP) is 3.83. The van der Waals surface area contributed by atoms with Crippen LogP contribution in [0.3, 0.4) is 0 Å². The Kier molecular flexibility index (Phi) is 2.65. The van der Waals surface area contributed by atoms with E-state index in [2.05, 4.69) is 15.3 Å². The Morgan fingerprint density at radius 2 is 2.00 bits per heavy atom. The molecule has 0 atom stereocenters. The number of rotatable bonds is 2. The summed E-state index contributed by atoms with van der Waals surface area (Å²) < 4.78 is 23.7. The van der Waals surface area contributed by atoms with Crippen molar-refractivity contribution in [3.05, 3.63) is 41.2 Å². The van der Waals surface area contributed by atoms with E-state index in [0.717, 1.165) is 11.0 Å². The Balaban J connectivity index is 1.69. The van der Waals surface area contributed by atoms with Gasteiger partial charge in [0.15, 0.2) is 11.5 Å². The number of nitrogens with zero attached hydrogens (tertiary/aromatic N) is 1. The summed E-state index contributed by atoms with van der Waals surface area (Å²) >= 11 is 5.75. The Labute approximate surface area is 123 Å². The second kappa shape index (κ2) is 4.53. The minimum atomic E-state index is -0.461. The van der Waals surface area contributed by atoms with Gasteiger partial charge in [0.05, 0.1) is 16.1 Å². The van der Waals surface area contributed by atoms with Crippen LogP contribution in [-0.4, -0.2) is 16.8 Å². The van der Waals surface area contributed by atoms with E-state index in [4.69, 9.17) is 21.1 Å². The highest BCUT2D eigenvalue weighted by Crippen LogP contribution is 2.35. The number of fused-ring (bicyclic) bond motifs is 2. The second-order valence-electron chi connectivity index (χ2n) is 4.56. The van der Waals surface area contributed by atoms with Gasteiger partial charge in [0.25, 0.3) is 0 Å². The maximum Gasteiger partial charge on any atom is 0.231 e. The van der Waals surface area contributed by atoms with Crippen LogP contribution in [0.25, 0.3) is 11.0 Å². The molecule has 4 rings (SSSR count). The van der Waals surface area contributed by atoms with Gasteiger partial charge in [0.1, 0.15) is 5.82 Å². The Bertz CT molecular complexity index is 809. The quantitative estimate of drug-likeness (QED) is 0.755. The first-order chi connectivity index (χ1) is 10.2. The molecule has 0 saturated carbocycles. The highest BCUT2D eigenvalue weighted by molar-refractivity contribution is 6.31. The molecule has 2 aromatic carbocycles. The highest BCUT2D eigenvalue weighted by Gasteiger charge is 2.16. The van der Waals surface area contributed by atoms with Gasteiger partial charge >= 0.3 is 0 Å². The molecule has 5 nitrogen and oxygen atoms in total. The van der Waals surface area contributed by atoms with Gasteiger partial charge in [-0.1, -0.05) is 11.6 Å². The lowest BCUT2D eigenvalue weighted by atomic mass is 10.3. The van der Waals surface area contributed by atoms with Gasteiger partial charge in [-0.3, -0.25) is 0 Å². The molecule has 0 bridgehead atoms. The van der Waals surface area contributed by atoms with Gasteiger partial charge in [-0.15, -0.1) is 0 Å². The molecule has 106 valence electrons. The summed E-state index contributed by atoms with van der Waals surface area (Å²) in [7, 11) is 0. The molecule has 0 saturated heterocycles. The molecule has 1 aliphatic rings. The first-order valence-electron chi connectivity index (χ1n) is 6.20. The van der Waals surface area contributed by atoms with Crippen LogP contribution >= 0.6 is 11.6 Å². The van der Waals surface area contributed by atoms with Gasteiger partial charge in [0, 0.05) is 17.8 Å². The number of hydrogen-bond acceptors (Lipinski definition) is 4. The van der Waals surface area contributed by atoms with Crippen LogP contribution in [0, 0.1) is 5.82 Å². The molecule has 1 aliphatic heterocycles. The maximum atomic E-state index is 13.1. The average Bonchev–Trinajstić information content (AvgIpc) is 3.05.